The van der Waals surface area contributed by atoms with Crippen LogP contribution in [0.25, 0.3) is 0 Å². The highest BCUT2D eigenvalue weighted by Crippen LogP contribution is 2.37. The number of non-ortho nitro benzene ring substituents is 1. The maximum Gasteiger partial charge on any atom is 0.414 e. The molecule has 7 heteroatoms. The summed E-state index contributed by atoms with van der Waals surface area (Å²) in [5.74, 6) is 0.740. The van der Waals surface area contributed by atoms with Crippen LogP contribution in [0.15, 0.2) is 23.1 Å². The molecule has 0 atom stereocenters. The molecule has 0 unspecified atom stereocenters. The van der Waals surface area contributed by atoms with Gasteiger partial charge in [-0.25, -0.2) is 4.79 Å². The molecule has 0 aromatic heterocycles. The van der Waals surface area contributed by atoms with Gasteiger partial charge >= 0.3 is 6.09 Å². The minimum absolute atomic E-state index is 0.0280. The van der Waals surface area contributed by atoms with E-state index in [0.717, 1.165) is 10.6 Å². The molecular weight excluding hydrogens is 280 g/mol. The van der Waals surface area contributed by atoms with Crippen LogP contribution < -0.4 is 4.90 Å². The number of carbonyl (C=O) groups excluding carboxylic acids is 1. The summed E-state index contributed by atoms with van der Waals surface area (Å²) in [4.78, 5) is 24.9. The molecule has 0 N–H and O–H groups in total. The number of hydrogen-bond acceptors (Lipinski definition) is 5. The highest BCUT2D eigenvalue weighted by atomic mass is 32.2. The zero-order valence-corrected chi connectivity index (χ0v) is 12.4. The zero-order valence-electron chi connectivity index (χ0n) is 11.6. The first kappa shape index (κ1) is 14.6. The van der Waals surface area contributed by atoms with Gasteiger partial charge in [-0.2, -0.15) is 0 Å². The van der Waals surface area contributed by atoms with Crippen LogP contribution in [-0.2, 0) is 4.74 Å². The summed E-state index contributed by atoms with van der Waals surface area (Å²) in [6.07, 6.45) is -0.473. The van der Waals surface area contributed by atoms with Gasteiger partial charge in [0.05, 0.1) is 10.6 Å². The number of rotatable bonds is 1. The van der Waals surface area contributed by atoms with Crippen molar-refractivity contribution in [3.05, 3.63) is 28.3 Å². The Morgan fingerprint density at radius 3 is 2.75 bits per heavy atom. The molecule has 6 nitrogen and oxygen atoms in total. The van der Waals surface area contributed by atoms with Crippen LogP contribution >= 0.6 is 11.8 Å². The number of fused-ring (bicyclic) bond motifs is 1. The van der Waals surface area contributed by atoms with Crippen LogP contribution in [0.1, 0.15) is 20.8 Å². The lowest BCUT2D eigenvalue weighted by atomic mass is 10.2. The number of amides is 1. The summed E-state index contributed by atoms with van der Waals surface area (Å²) in [5.41, 5.74) is -0.0766. The largest absolute Gasteiger partial charge is 0.443 e. The summed E-state index contributed by atoms with van der Waals surface area (Å²) < 4.78 is 5.34. The quantitative estimate of drug-likeness (QED) is 0.586. The summed E-state index contributed by atoms with van der Waals surface area (Å²) >= 11 is 1.58. The minimum Gasteiger partial charge on any atom is -0.443 e. The molecule has 0 bridgehead atoms. The van der Waals surface area contributed by atoms with Gasteiger partial charge in [0.15, 0.2) is 0 Å². The van der Waals surface area contributed by atoms with E-state index in [9.17, 15) is 14.9 Å². The topological polar surface area (TPSA) is 72.7 Å². The van der Waals surface area contributed by atoms with E-state index in [1.54, 1.807) is 38.6 Å². The molecule has 0 saturated carbocycles. The monoisotopic (exact) mass is 296 g/mol. The Labute approximate surface area is 121 Å². The van der Waals surface area contributed by atoms with Crippen LogP contribution in [0.4, 0.5) is 16.2 Å². The zero-order chi connectivity index (χ0) is 14.9. The number of ether oxygens (including phenoxy) is 1. The van der Waals surface area contributed by atoms with Crippen molar-refractivity contribution in [3.63, 3.8) is 0 Å². The van der Waals surface area contributed by atoms with E-state index in [2.05, 4.69) is 0 Å². The number of nitrogens with zero attached hydrogens (tertiary/aromatic N) is 2. The van der Waals surface area contributed by atoms with Crippen LogP contribution in [0.3, 0.4) is 0 Å². The molecule has 0 spiro atoms. The molecule has 0 aliphatic carbocycles. The fourth-order valence-corrected chi connectivity index (χ4v) is 2.80. The van der Waals surface area contributed by atoms with E-state index in [1.165, 1.54) is 17.0 Å². The lowest BCUT2D eigenvalue weighted by molar-refractivity contribution is -0.384. The van der Waals surface area contributed by atoms with Crippen molar-refractivity contribution >= 4 is 29.2 Å². The first-order valence-corrected chi connectivity index (χ1v) is 7.18. The molecule has 0 saturated heterocycles. The van der Waals surface area contributed by atoms with E-state index >= 15 is 0 Å². The molecule has 1 heterocycles. The summed E-state index contributed by atoms with van der Waals surface area (Å²) in [5, 5.41) is 10.9. The molecule has 1 aliphatic heterocycles. The number of nitro benzene ring substituents is 1. The number of hydrogen-bond donors (Lipinski definition) is 0. The average molecular weight is 296 g/mol. The Morgan fingerprint density at radius 2 is 2.15 bits per heavy atom. The van der Waals surface area contributed by atoms with Crippen molar-refractivity contribution in [1.82, 2.24) is 0 Å². The van der Waals surface area contributed by atoms with Crippen molar-refractivity contribution in [2.24, 2.45) is 0 Å². The third kappa shape index (κ3) is 3.22. The van der Waals surface area contributed by atoms with Gasteiger partial charge in [-0.3, -0.25) is 15.0 Å². The lowest BCUT2D eigenvalue weighted by Crippen LogP contribution is -2.39. The van der Waals surface area contributed by atoms with Gasteiger partial charge in [0.2, 0.25) is 0 Å². The molecule has 1 aliphatic rings. The molecular formula is C13H16N2O4S. The first-order valence-electron chi connectivity index (χ1n) is 6.20. The van der Waals surface area contributed by atoms with E-state index in [0.29, 0.717) is 12.2 Å². The third-order valence-electron chi connectivity index (χ3n) is 2.63. The smallest absolute Gasteiger partial charge is 0.414 e. The Balaban J connectivity index is 2.33. The predicted molar refractivity (Wildman–Crippen MR) is 77.4 cm³/mol. The molecule has 20 heavy (non-hydrogen) atoms. The van der Waals surface area contributed by atoms with Crippen molar-refractivity contribution in [2.45, 2.75) is 31.3 Å². The lowest BCUT2D eigenvalue weighted by Gasteiger charge is -2.31. The van der Waals surface area contributed by atoms with Crippen molar-refractivity contribution in [3.8, 4) is 0 Å². The molecule has 0 radical (unpaired) electrons. The molecule has 1 aromatic carbocycles. The summed E-state index contributed by atoms with van der Waals surface area (Å²) in [6, 6.07) is 4.55. The van der Waals surface area contributed by atoms with Crippen LogP contribution in [0.5, 0.6) is 0 Å². The number of anilines is 1. The second-order valence-corrected chi connectivity index (χ2v) is 6.53. The maximum absolute atomic E-state index is 12.2. The van der Waals surface area contributed by atoms with Gasteiger partial charge in [-0.1, -0.05) is 0 Å². The van der Waals surface area contributed by atoms with Crippen LogP contribution in [-0.4, -0.2) is 28.9 Å². The Hall–Kier alpha value is -1.76. The molecule has 1 amide bonds. The van der Waals surface area contributed by atoms with E-state index in [4.69, 9.17) is 4.74 Å². The standard InChI is InChI=1S/C13H16N2O4S/c1-13(2,3)19-12(16)14-6-7-20-11-5-4-9(15(17)18)8-10(11)14/h4-5,8H,6-7H2,1-3H3. The number of carbonyl (C=O) groups is 1. The molecule has 0 fully saturated rings. The van der Waals surface area contributed by atoms with Crippen molar-refractivity contribution < 1.29 is 14.5 Å². The Morgan fingerprint density at radius 1 is 1.45 bits per heavy atom. The van der Waals surface area contributed by atoms with Crippen molar-refractivity contribution in [1.29, 1.82) is 0 Å². The van der Waals surface area contributed by atoms with Gasteiger partial charge < -0.3 is 4.74 Å². The van der Waals surface area contributed by atoms with Gasteiger partial charge in [0.25, 0.3) is 5.69 Å². The van der Waals surface area contributed by atoms with E-state index in [1.807, 2.05) is 0 Å². The normalized spacial score (nSPS) is 14.7. The molecule has 108 valence electrons. The number of nitro groups is 1. The predicted octanol–water partition coefficient (Wildman–Crippen LogP) is 3.44. The fourth-order valence-electron chi connectivity index (χ4n) is 1.83. The Kier molecular flexibility index (Phi) is 3.89. The van der Waals surface area contributed by atoms with Crippen molar-refractivity contribution in [2.75, 3.05) is 17.2 Å². The SMILES string of the molecule is CC(C)(C)OC(=O)N1CCSc2ccc([N+](=O)[O-])cc21. The van der Waals surface area contributed by atoms with E-state index < -0.39 is 16.6 Å². The minimum atomic E-state index is -0.595. The fraction of sp³-hybridized carbons (Fsp3) is 0.462. The van der Waals surface area contributed by atoms with Gasteiger partial charge in [0, 0.05) is 29.3 Å². The maximum atomic E-state index is 12.2. The van der Waals surface area contributed by atoms with Gasteiger partial charge in [0.1, 0.15) is 5.60 Å². The summed E-state index contributed by atoms with van der Waals surface area (Å²) in [7, 11) is 0. The third-order valence-corrected chi connectivity index (χ3v) is 3.67. The highest BCUT2D eigenvalue weighted by Gasteiger charge is 2.28. The van der Waals surface area contributed by atoms with Crippen LogP contribution in [0.2, 0.25) is 0 Å². The van der Waals surface area contributed by atoms with Gasteiger partial charge in [-0.05, 0) is 26.8 Å². The van der Waals surface area contributed by atoms with E-state index in [-0.39, 0.29) is 5.69 Å². The Bertz CT molecular complexity index is 554. The molecule has 1 aromatic rings. The second-order valence-electron chi connectivity index (χ2n) is 5.39. The number of thioether (sulfide) groups is 1. The highest BCUT2D eigenvalue weighted by molar-refractivity contribution is 7.99. The number of benzene rings is 1. The molecule has 2 rings (SSSR count). The average Bonchev–Trinajstić information content (AvgIpc) is 2.35. The van der Waals surface area contributed by atoms with Crippen LogP contribution in [0, 0.1) is 10.1 Å². The first-order chi connectivity index (χ1) is 9.28. The van der Waals surface area contributed by atoms with Gasteiger partial charge in [-0.15, -0.1) is 11.8 Å². The second kappa shape index (κ2) is 5.32. The summed E-state index contributed by atoms with van der Waals surface area (Å²) in [6.45, 7) is 5.85.